The van der Waals surface area contributed by atoms with E-state index in [0.29, 0.717) is 0 Å². The molecule has 66 valence electrons. The van der Waals surface area contributed by atoms with Gasteiger partial charge in [0.05, 0.1) is 0 Å². The van der Waals surface area contributed by atoms with Crippen LogP contribution in [0.4, 0.5) is 0 Å². The molecule has 1 fully saturated rings. The maximum absolute atomic E-state index is 3.00. The summed E-state index contributed by atoms with van der Waals surface area (Å²) in [5, 5.41) is 0. The average molecular weight is 154 g/mol. The molecule has 0 aromatic heterocycles. The van der Waals surface area contributed by atoms with Crippen LogP contribution in [0.1, 0.15) is 46.0 Å². The first kappa shape index (κ1) is 10.7. The van der Waals surface area contributed by atoms with Crippen LogP contribution in [0.2, 0.25) is 0 Å². The molecule has 1 saturated carbocycles. The molecule has 11 heavy (non-hydrogen) atoms. The lowest BCUT2D eigenvalue weighted by Gasteiger charge is -2.32. The van der Waals surface area contributed by atoms with Gasteiger partial charge in [0.2, 0.25) is 0 Å². The lowest BCUT2D eigenvalue weighted by Crippen LogP contribution is -2.20. The van der Waals surface area contributed by atoms with Gasteiger partial charge in [0.1, 0.15) is 0 Å². The van der Waals surface area contributed by atoms with Crippen molar-refractivity contribution in [3.63, 3.8) is 0 Å². The molecule has 0 aliphatic heterocycles. The third-order valence-corrected chi connectivity index (χ3v) is 2.87. The van der Waals surface area contributed by atoms with Crippen LogP contribution in [0.3, 0.4) is 0 Å². The molecule has 0 amide bonds. The Bertz CT molecular complexity index is 78.0. The Labute approximate surface area is 71.7 Å². The van der Waals surface area contributed by atoms with Crippen LogP contribution in [0.25, 0.3) is 0 Å². The molecule has 0 spiro atoms. The molecule has 1 aliphatic rings. The Hall–Kier alpha value is -0.260. The van der Waals surface area contributed by atoms with E-state index in [-0.39, 0.29) is 0 Å². The van der Waals surface area contributed by atoms with Crippen molar-refractivity contribution in [1.29, 1.82) is 0 Å². The first-order chi connectivity index (χ1) is 5.38. The van der Waals surface area contributed by atoms with E-state index < -0.39 is 0 Å². The Kier molecular flexibility index (Phi) is 6.30. The van der Waals surface area contributed by atoms with Crippen molar-refractivity contribution in [2.45, 2.75) is 46.0 Å². The van der Waals surface area contributed by atoms with Crippen LogP contribution in [-0.4, -0.2) is 0 Å². The highest BCUT2D eigenvalue weighted by Crippen LogP contribution is 2.36. The molecule has 0 saturated heterocycles. The fourth-order valence-electron chi connectivity index (χ4n) is 1.87. The minimum absolute atomic E-state index is 1.05. The highest BCUT2D eigenvalue weighted by Gasteiger charge is 2.23. The molecule has 0 unspecified atom stereocenters. The van der Waals surface area contributed by atoms with Gasteiger partial charge in [-0.05, 0) is 11.8 Å². The summed E-state index contributed by atoms with van der Waals surface area (Å²) in [7, 11) is 0. The lowest BCUT2D eigenvalue weighted by molar-refractivity contribution is 0.195. The van der Waals surface area contributed by atoms with Crippen molar-refractivity contribution in [3.05, 3.63) is 13.2 Å². The molecule has 0 heterocycles. The molecule has 0 heteroatoms. The van der Waals surface area contributed by atoms with Gasteiger partial charge in [-0.3, -0.25) is 0 Å². The standard InChI is InChI=1S/C9H18.C2H4/c1-3-8(4-2)9-6-5-7-9;1-2/h8-9H,3-7H2,1-2H3;1-2H2. The van der Waals surface area contributed by atoms with Gasteiger partial charge in [0.25, 0.3) is 0 Å². The van der Waals surface area contributed by atoms with Crippen molar-refractivity contribution in [2.75, 3.05) is 0 Å². The molecule has 1 rings (SSSR count). The molecule has 0 radical (unpaired) electrons. The van der Waals surface area contributed by atoms with E-state index in [1.54, 1.807) is 0 Å². The minimum atomic E-state index is 1.05. The van der Waals surface area contributed by atoms with Crippen LogP contribution in [0, 0.1) is 11.8 Å². The van der Waals surface area contributed by atoms with Gasteiger partial charge in [-0.1, -0.05) is 46.0 Å². The first-order valence-electron chi connectivity index (χ1n) is 4.88. The lowest BCUT2D eigenvalue weighted by atomic mass is 9.74. The largest absolute Gasteiger partial charge is 0.106 e. The van der Waals surface area contributed by atoms with Gasteiger partial charge in [-0.2, -0.15) is 0 Å². The maximum atomic E-state index is 3.00. The Morgan fingerprint density at radius 2 is 1.64 bits per heavy atom. The molecule has 0 aromatic carbocycles. The average Bonchev–Trinajstić information content (AvgIpc) is 2.00. The summed E-state index contributed by atoms with van der Waals surface area (Å²) >= 11 is 0. The van der Waals surface area contributed by atoms with Crippen molar-refractivity contribution in [1.82, 2.24) is 0 Å². The molecular formula is C11H22. The van der Waals surface area contributed by atoms with Crippen LogP contribution < -0.4 is 0 Å². The van der Waals surface area contributed by atoms with E-state index in [1.165, 1.54) is 32.1 Å². The summed E-state index contributed by atoms with van der Waals surface area (Å²) in [5.74, 6) is 2.17. The van der Waals surface area contributed by atoms with Crippen molar-refractivity contribution < 1.29 is 0 Å². The van der Waals surface area contributed by atoms with E-state index in [9.17, 15) is 0 Å². The van der Waals surface area contributed by atoms with Gasteiger partial charge in [0.15, 0.2) is 0 Å². The Morgan fingerprint density at radius 1 is 1.18 bits per heavy atom. The predicted octanol–water partition coefficient (Wildman–Crippen LogP) is 4.02. The fraction of sp³-hybridized carbons (Fsp3) is 0.818. The molecule has 0 atom stereocenters. The SMILES string of the molecule is C=C.CCC(CC)C1CCC1. The fourth-order valence-corrected chi connectivity index (χ4v) is 1.87. The van der Waals surface area contributed by atoms with Crippen molar-refractivity contribution >= 4 is 0 Å². The summed E-state index contributed by atoms with van der Waals surface area (Å²) < 4.78 is 0. The maximum Gasteiger partial charge on any atom is -0.0386 e. The van der Waals surface area contributed by atoms with E-state index in [1.807, 2.05) is 0 Å². The Morgan fingerprint density at radius 3 is 1.73 bits per heavy atom. The predicted molar refractivity (Wildman–Crippen MR) is 52.7 cm³/mol. The van der Waals surface area contributed by atoms with E-state index in [2.05, 4.69) is 27.0 Å². The molecule has 1 aliphatic carbocycles. The normalized spacial score (nSPS) is 17.0. The summed E-state index contributed by atoms with van der Waals surface area (Å²) in [6.07, 6.45) is 7.35. The third-order valence-electron chi connectivity index (χ3n) is 2.87. The number of rotatable bonds is 3. The van der Waals surface area contributed by atoms with Crippen molar-refractivity contribution in [2.24, 2.45) is 11.8 Å². The van der Waals surface area contributed by atoms with Gasteiger partial charge in [-0.25, -0.2) is 0 Å². The summed E-state index contributed by atoms with van der Waals surface area (Å²) in [6.45, 7) is 10.7. The van der Waals surface area contributed by atoms with Crippen LogP contribution >= 0.6 is 0 Å². The molecule has 0 N–H and O–H groups in total. The second-order valence-corrected chi connectivity index (χ2v) is 3.27. The van der Waals surface area contributed by atoms with E-state index in [4.69, 9.17) is 0 Å². The van der Waals surface area contributed by atoms with Crippen LogP contribution in [0.15, 0.2) is 13.2 Å². The Balaban J connectivity index is 0.000000461. The second kappa shape index (κ2) is 6.45. The van der Waals surface area contributed by atoms with E-state index >= 15 is 0 Å². The van der Waals surface area contributed by atoms with Crippen LogP contribution in [-0.2, 0) is 0 Å². The van der Waals surface area contributed by atoms with Gasteiger partial charge < -0.3 is 0 Å². The highest BCUT2D eigenvalue weighted by atomic mass is 14.3. The topological polar surface area (TPSA) is 0 Å². The molecule has 0 nitrogen and oxygen atoms in total. The highest BCUT2D eigenvalue weighted by molar-refractivity contribution is 4.75. The number of hydrogen-bond donors (Lipinski definition) is 0. The summed E-state index contributed by atoms with van der Waals surface area (Å²) in [6, 6.07) is 0. The quantitative estimate of drug-likeness (QED) is 0.538. The third kappa shape index (κ3) is 3.09. The summed E-state index contributed by atoms with van der Waals surface area (Å²) in [5.41, 5.74) is 0. The number of hydrogen-bond acceptors (Lipinski definition) is 0. The first-order valence-corrected chi connectivity index (χ1v) is 4.88. The monoisotopic (exact) mass is 154 g/mol. The van der Waals surface area contributed by atoms with Crippen molar-refractivity contribution in [3.8, 4) is 0 Å². The zero-order chi connectivity index (χ0) is 8.69. The van der Waals surface area contributed by atoms with Crippen LogP contribution in [0.5, 0.6) is 0 Å². The zero-order valence-corrected chi connectivity index (χ0v) is 8.10. The molecule has 0 aromatic rings. The van der Waals surface area contributed by atoms with Gasteiger partial charge >= 0.3 is 0 Å². The minimum Gasteiger partial charge on any atom is -0.106 e. The van der Waals surface area contributed by atoms with Gasteiger partial charge in [0, 0.05) is 0 Å². The zero-order valence-electron chi connectivity index (χ0n) is 8.10. The van der Waals surface area contributed by atoms with E-state index in [0.717, 1.165) is 11.8 Å². The summed E-state index contributed by atoms with van der Waals surface area (Å²) in [4.78, 5) is 0. The second-order valence-electron chi connectivity index (χ2n) is 3.27. The van der Waals surface area contributed by atoms with Gasteiger partial charge in [-0.15, -0.1) is 13.2 Å². The smallest absolute Gasteiger partial charge is 0.0386 e. The molecular weight excluding hydrogens is 132 g/mol. The molecule has 0 bridgehead atoms.